The van der Waals surface area contributed by atoms with E-state index >= 15 is 0 Å². The third-order valence-electron chi connectivity index (χ3n) is 2.13. The monoisotopic (exact) mass is 266 g/mol. The molecule has 1 heterocycles. The standard InChI is InChI=1S/C11H14N4O4/c12-9(16)6-15(7-10(17)18)11(19)14-5-8-2-1-3-13-4-8/h1-4H,5-7H2,(H2,12,16)(H,14,19)(H,17,18). The summed E-state index contributed by atoms with van der Waals surface area (Å²) < 4.78 is 0. The van der Waals surface area contributed by atoms with Crippen LogP contribution < -0.4 is 11.1 Å². The van der Waals surface area contributed by atoms with Crippen LogP contribution in [0.25, 0.3) is 0 Å². The Hall–Kier alpha value is -2.64. The van der Waals surface area contributed by atoms with Gasteiger partial charge >= 0.3 is 12.0 Å². The van der Waals surface area contributed by atoms with Crippen molar-refractivity contribution in [3.05, 3.63) is 30.1 Å². The Morgan fingerprint density at radius 2 is 2.11 bits per heavy atom. The fourth-order valence-electron chi connectivity index (χ4n) is 1.34. The van der Waals surface area contributed by atoms with E-state index in [4.69, 9.17) is 10.8 Å². The van der Waals surface area contributed by atoms with Crippen LogP contribution in [0.4, 0.5) is 4.79 Å². The van der Waals surface area contributed by atoms with Crippen LogP contribution in [0.5, 0.6) is 0 Å². The van der Waals surface area contributed by atoms with Gasteiger partial charge < -0.3 is 21.1 Å². The lowest BCUT2D eigenvalue weighted by Gasteiger charge is -2.19. The van der Waals surface area contributed by atoms with Crippen LogP contribution in [-0.4, -0.2) is 46.0 Å². The van der Waals surface area contributed by atoms with Gasteiger partial charge in [0, 0.05) is 18.9 Å². The van der Waals surface area contributed by atoms with Gasteiger partial charge in [-0.2, -0.15) is 0 Å². The number of nitrogens with two attached hydrogens (primary N) is 1. The maximum atomic E-state index is 11.7. The van der Waals surface area contributed by atoms with Crippen molar-refractivity contribution < 1.29 is 19.5 Å². The molecule has 1 aromatic rings. The molecule has 1 rings (SSSR count). The number of carbonyl (C=O) groups is 3. The first-order valence-corrected chi connectivity index (χ1v) is 5.41. The highest BCUT2D eigenvalue weighted by molar-refractivity contribution is 5.85. The largest absolute Gasteiger partial charge is 0.480 e. The number of primary amides is 1. The highest BCUT2D eigenvalue weighted by atomic mass is 16.4. The second kappa shape index (κ2) is 6.94. The van der Waals surface area contributed by atoms with E-state index in [1.807, 2.05) is 0 Å². The molecule has 0 fully saturated rings. The van der Waals surface area contributed by atoms with Gasteiger partial charge in [-0.15, -0.1) is 0 Å². The van der Waals surface area contributed by atoms with Crippen molar-refractivity contribution >= 4 is 17.9 Å². The lowest BCUT2D eigenvalue weighted by molar-refractivity contribution is -0.137. The molecule has 0 saturated carbocycles. The summed E-state index contributed by atoms with van der Waals surface area (Å²) in [5, 5.41) is 11.1. The number of amides is 3. The molecule has 102 valence electrons. The zero-order valence-electron chi connectivity index (χ0n) is 10.1. The summed E-state index contributed by atoms with van der Waals surface area (Å²) in [4.78, 5) is 37.8. The van der Waals surface area contributed by atoms with Crippen LogP contribution in [0.3, 0.4) is 0 Å². The lowest BCUT2D eigenvalue weighted by Crippen LogP contribution is -2.46. The van der Waals surface area contributed by atoms with E-state index in [2.05, 4.69) is 10.3 Å². The van der Waals surface area contributed by atoms with E-state index in [1.165, 1.54) is 0 Å². The molecule has 0 saturated heterocycles. The van der Waals surface area contributed by atoms with E-state index in [0.29, 0.717) is 0 Å². The predicted octanol–water partition coefficient (Wildman–Crippen LogP) is -0.837. The summed E-state index contributed by atoms with van der Waals surface area (Å²) in [6, 6.07) is 2.79. The van der Waals surface area contributed by atoms with Crippen molar-refractivity contribution in [1.82, 2.24) is 15.2 Å². The van der Waals surface area contributed by atoms with Gasteiger partial charge in [-0.25, -0.2) is 4.79 Å². The van der Waals surface area contributed by atoms with Gasteiger partial charge in [-0.3, -0.25) is 14.6 Å². The Labute approximate surface area is 109 Å². The number of aromatic nitrogens is 1. The molecule has 0 bridgehead atoms. The lowest BCUT2D eigenvalue weighted by atomic mass is 10.3. The molecular formula is C11H14N4O4. The summed E-state index contributed by atoms with van der Waals surface area (Å²) in [6.45, 7) is -0.867. The number of hydrogen-bond donors (Lipinski definition) is 3. The molecule has 8 heteroatoms. The number of carboxylic acid groups (broad SMARTS) is 1. The number of carbonyl (C=O) groups excluding carboxylic acids is 2. The maximum absolute atomic E-state index is 11.7. The van der Waals surface area contributed by atoms with Gasteiger partial charge in [0.2, 0.25) is 5.91 Å². The fourth-order valence-corrected chi connectivity index (χ4v) is 1.34. The number of rotatable bonds is 6. The summed E-state index contributed by atoms with van der Waals surface area (Å²) in [7, 11) is 0. The highest BCUT2D eigenvalue weighted by Gasteiger charge is 2.18. The molecule has 0 aliphatic heterocycles. The molecule has 0 radical (unpaired) electrons. The number of urea groups is 1. The van der Waals surface area contributed by atoms with Crippen molar-refractivity contribution in [1.29, 1.82) is 0 Å². The summed E-state index contributed by atoms with van der Waals surface area (Å²) in [5.41, 5.74) is 5.71. The van der Waals surface area contributed by atoms with Crippen molar-refractivity contribution in [3.63, 3.8) is 0 Å². The van der Waals surface area contributed by atoms with Crippen LogP contribution in [0.15, 0.2) is 24.5 Å². The normalized spacial score (nSPS) is 9.68. The molecule has 0 aliphatic rings. The van der Waals surface area contributed by atoms with Gasteiger partial charge in [0.15, 0.2) is 0 Å². The number of aliphatic carboxylic acids is 1. The molecule has 0 atom stereocenters. The maximum Gasteiger partial charge on any atom is 0.323 e. The SMILES string of the molecule is NC(=O)CN(CC(=O)O)C(=O)NCc1cccnc1. The van der Waals surface area contributed by atoms with Gasteiger partial charge in [0.25, 0.3) is 0 Å². The molecule has 0 aromatic carbocycles. The highest BCUT2D eigenvalue weighted by Crippen LogP contribution is 1.96. The second-order valence-electron chi connectivity index (χ2n) is 3.74. The summed E-state index contributed by atoms with van der Waals surface area (Å²) in [6.07, 6.45) is 3.16. The van der Waals surface area contributed by atoms with Crippen LogP contribution in [-0.2, 0) is 16.1 Å². The molecule has 0 spiro atoms. The van der Waals surface area contributed by atoms with E-state index in [0.717, 1.165) is 10.5 Å². The average molecular weight is 266 g/mol. The molecule has 1 aromatic heterocycles. The minimum atomic E-state index is -1.22. The molecule has 19 heavy (non-hydrogen) atoms. The number of nitrogens with zero attached hydrogens (tertiary/aromatic N) is 2. The summed E-state index contributed by atoms with van der Waals surface area (Å²) >= 11 is 0. The topological polar surface area (TPSA) is 126 Å². The molecular weight excluding hydrogens is 252 g/mol. The molecule has 4 N–H and O–H groups in total. The van der Waals surface area contributed by atoms with Gasteiger partial charge in [0.05, 0.1) is 0 Å². The molecule has 8 nitrogen and oxygen atoms in total. The van der Waals surface area contributed by atoms with Crippen LogP contribution in [0, 0.1) is 0 Å². The summed E-state index contributed by atoms with van der Waals surface area (Å²) in [5.74, 6) is -2.00. The fraction of sp³-hybridized carbons (Fsp3) is 0.273. The third-order valence-corrected chi connectivity index (χ3v) is 2.13. The first-order chi connectivity index (χ1) is 8.99. The smallest absolute Gasteiger partial charge is 0.323 e. The van der Waals surface area contributed by atoms with E-state index in [1.54, 1.807) is 24.5 Å². The number of pyridine rings is 1. The molecule has 0 aliphatic carbocycles. The first kappa shape index (κ1) is 14.4. The predicted molar refractivity (Wildman–Crippen MR) is 64.9 cm³/mol. The van der Waals surface area contributed by atoms with Crippen LogP contribution in [0.2, 0.25) is 0 Å². The van der Waals surface area contributed by atoms with E-state index < -0.39 is 31.0 Å². The average Bonchev–Trinajstić information content (AvgIpc) is 2.35. The second-order valence-corrected chi connectivity index (χ2v) is 3.74. The number of nitrogens with one attached hydrogen (secondary N) is 1. The quantitative estimate of drug-likeness (QED) is 0.619. The Balaban J connectivity index is 2.56. The Kier molecular flexibility index (Phi) is 5.27. The minimum absolute atomic E-state index is 0.182. The van der Waals surface area contributed by atoms with Crippen LogP contribution >= 0.6 is 0 Å². The third kappa shape index (κ3) is 5.48. The number of carboxylic acids is 1. The minimum Gasteiger partial charge on any atom is -0.480 e. The molecule has 0 unspecified atom stereocenters. The Bertz CT molecular complexity index is 447. The van der Waals surface area contributed by atoms with Gasteiger partial charge in [0.1, 0.15) is 13.1 Å². The van der Waals surface area contributed by atoms with Gasteiger partial charge in [-0.05, 0) is 11.6 Å². The van der Waals surface area contributed by atoms with Crippen molar-refractivity contribution in [2.24, 2.45) is 5.73 Å². The van der Waals surface area contributed by atoms with Crippen molar-refractivity contribution in [2.45, 2.75) is 6.54 Å². The van der Waals surface area contributed by atoms with Gasteiger partial charge in [-0.1, -0.05) is 6.07 Å². The molecule has 3 amide bonds. The van der Waals surface area contributed by atoms with Crippen molar-refractivity contribution in [3.8, 4) is 0 Å². The van der Waals surface area contributed by atoms with Crippen LogP contribution in [0.1, 0.15) is 5.56 Å². The first-order valence-electron chi connectivity index (χ1n) is 5.41. The zero-order valence-corrected chi connectivity index (χ0v) is 10.1. The van der Waals surface area contributed by atoms with E-state index in [9.17, 15) is 14.4 Å². The Morgan fingerprint density at radius 1 is 1.37 bits per heavy atom. The van der Waals surface area contributed by atoms with Crippen molar-refractivity contribution in [2.75, 3.05) is 13.1 Å². The Morgan fingerprint density at radius 3 is 2.63 bits per heavy atom. The number of hydrogen-bond acceptors (Lipinski definition) is 4. The van der Waals surface area contributed by atoms with E-state index in [-0.39, 0.29) is 6.54 Å². The zero-order chi connectivity index (χ0) is 14.3.